The van der Waals surface area contributed by atoms with Gasteiger partial charge in [0.15, 0.2) is 21.2 Å². The Kier molecular flexibility index (Phi) is 5.67. The topological polar surface area (TPSA) is 170 Å². The summed E-state index contributed by atoms with van der Waals surface area (Å²) >= 11 is 0. The highest BCUT2D eigenvalue weighted by atomic mass is 32.2. The highest BCUT2D eigenvalue weighted by Crippen LogP contribution is 2.45. The standard InChI is InChI=1S/C26H25FN10O3S/c1-41(39,40)23-22(14-8-18-6-7-19(9-14)36(18)26(38)21-12-29-34-33-21)32-25-20(11-31-37(25)24(23)28)15-10-30-35(13-15)17-4-2-16(27)3-5-17/h2-5,10-14,18-19H,6-9,28H2,1H3,(H,29,33,34)/t14?,18-,19+. The lowest BCUT2D eigenvalue weighted by Gasteiger charge is -2.38. The number of aromatic nitrogens is 8. The van der Waals surface area contributed by atoms with Gasteiger partial charge in [-0.15, -0.1) is 0 Å². The Balaban J connectivity index is 1.29. The fourth-order valence-electron chi connectivity index (χ4n) is 6.24. The van der Waals surface area contributed by atoms with Crippen molar-refractivity contribution in [2.45, 2.75) is 48.6 Å². The predicted octanol–water partition coefficient (Wildman–Crippen LogP) is 2.38. The predicted molar refractivity (Wildman–Crippen MR) is 144 cm³/mol. The molecular weight excluding hydrogens is 551 g/mol. The van der Waals surface area contributed by atoms with E-state index in [-0.39, 0.29) is 46.1 Å². The molecule has 13 nitrogen and oxygen atoms in total. The number of nitrogens with zero attached hydrogens (tertiary/aromatic N) is 8. The second-order valence-corrected chi connectivity index (χ2v) is 12.5. The number of carbonyl (C=O) groups is 1. The van der Waals surface area contributed by atoms with Gasteiger partial charge in [0.2, 0.25) is 0 Å². The van der Waals surface area contributed by atoms with Crippen LogP contribution in [0, 0.1) is 5.82 Å². The average Bonchev–Trinajstić information content (AvgIpc) is 3.74. The van der Waals surface area contributed by atoms with Crippen molar-refractivity contribution in [2.24, 2.45) is 0 Å². The molecule has 0 spiro atoms. The molecule has 2 bridgehead atoms. The van der Waals surface area contributed by atoms with E-state index >= 15 is 0 Å². The first-order valence-corrected chi connectivity index (χ1v) is 14.9. The number of hydrogen-bond donors (Lipinski definition) is 2. The first kappa shape index (κ1) is 25.3. The van der Waals surface area contributed by atoms with Crippen LogP contribution in [0.2, 0.25) is 0 Å². The number of benzene rings is 1. The molecule has 1 aromatic carbocycles. The molecule has 5 aromatic rings. The van der Waals surface area contributed by atoms with Crippen LogP contribution in [0.15, 0.2) is 53.9 Å². The maximum absolute atomic E-state index is 13.4. The van der Waals surface area contributed by atoms with E-state index in [1.807, 2.05) is 4.90 Å². The van der Waals surface area contributed by atoms with E-state index in [0.29, 0.717) is 41.0 Å². The van der Waals surface area contributed by atoms with E-state index in [2.05, 4.69) is 25.6 Å². The average molecular weight is 577 g/mol. The Morgan fingerprint density at radius 2 is 1.80 bits per heavy atom. The molecule has 15 heteroatoms. The summed E-state index contributed by atoms with van der Waals surface area (Å²) in [7, 11) is -3.77. The minimum atomic E-state index is -3.77. The van der Waals surface area contributed by atoms with Crippen molar-refractivity contribution < 1.29 is 17.6 Å². The number of rotatable bonds is 5. The molecule has 2 aliphatic rings. The van der Waals surface area contributed by atoms with E-state index in [0.717, 1.165) is 19.1 Å². The van der Waals surface area contributed by atoms with E-state index < -0.39 is 9.84 Å². The lowest BCUT2D eigenvalue weighted by molar-refractivity contribution is 0.0562. The molecule has 41 heavy (non-hydrogen) atoms. The van der Waals surface area contributed by atoms with E-state index in [9.17, 15) is 17.6 Å². The zero-order valence-electron chi connectivity index (χ0n) is 21.8. The van der Waals surface area contributed by atoms with E-state index in [4.69, 9.17) is 10.7 Å². The molecule has 3 N–H and O–H groups in total. The number of H-pyrrole nitrogens is 1. The third kappa shape index (κ3) is 4.15. The second-order valence-electron chi connectivity index (χ2n) is 10.5. The summed E-state index contributed by atoms with van der Waals surface area (Å²) in [6.07, 6.45) is 10.2. The van der Waals surface area contributed by atoms with Gasteiger partial charge < -0.3 is 10.6 Å². The molecule has 210 valence electrons. The number of nitrogen functional groups attached to an aromatic ring is 1. The number of anilines is 1. The molecule has 0 saturated carbocycles. The number of sulfone groups is 1. The quantitative estimate of drug-likeness (QED) is 0.319. The molecule has 3 atom stereocenters. The monoisotopic (exact) mass is 576 g/mol. The van der Waals surface area contributed by atoms with Gasteiger partial charge in [0, 0.05) is 41.6 Å². The van der Waals surface area contributed by atoms with Crippen LogP contribution in [0.3, 0.4) is 0 Å². The number of halogens is 1. The van der Waals surface area contributed by atoms with Crippen LogP contribution in [0.5, 0.6) is 0 Å². The molecule has 0 radical (unpaired) electrons. The zero-order chi connectivity index (χ0) is 28.5. The largest absolute Gasteiger partial charge is 0.382 e. The van der Waals surface area contributed by atoms with Gasteiger partial charge in [0.1, 0.15) is 16.5 Å². The van der Waals surface area contributed by atoms with Gasteiger partial charge in [0.25, 0.3) is 5.91 Å². The Morgan fingerprint density at radius 1 is 1.07 bits per heavy atom. The van der Waals surface area contributed by atoms with Gasteiger partial charge in [0.05, 0.1) is 30.0 Å². The maximum Gasteiger partial charge on any atom is 0.276 e. The zero-order valence-corrected chi connectivity index (χ0v) is 22.7. The van der Waals surface area contributed by atoms with Crippen molar-refractivity contribution >= 4 is 27.2 Å². The number of piperidine rings is 1. The fraction of sp³-hybridized carbons (Fsp3) is 0.308. The van der Waals surface area contributed by atoms with Gasteiger partial charge in [-0.3, -0.25) is 4.79 Å². The molecule has 1 amide bonds. The van der Waals surface area contributed by atoms with Crippen LogP contribution in [0.25, 0.3) is 22.5 Å². The first-order chi connectivity index (χ1) is 19.7. The summed E-state index contributed by atoms with van der Waals surface area (Å²) in [6.45, 7) is 0. The minimum absolute atomic E-state index is 0.0156. The second kappa shape index (κ2) is 9.19. The third-order valence-electron chi connectivity index (χ3n) is 8.01. The first-order valence-electron chi connectivity index (χ1n) is 13.1. The number of amides is 1. The number of nitrogens with two attached hydrogens (primary N) is 1. The Bertz CT molecular complexity index is 1890. The summed E-state index contributed by atoms with van der Waals surface area (Å²) in [5.74, 6) is -0.791. The summed E-state index contributed by atoms with van der Waals surface area (Å²) < 4.78 is 42.4. The number of carbonyl (C=O) groups excluding carboxylic acids is 1. The van der Waals surface area contributed by atoms with Crippen LogP contribution in [-0.2, 0) is 9.84 Å². The van der Waals surface area contributed by atoms with Gasteiger partial charge in [-0.05, 0) is 49.9 Å². The maximum atomic E-state index is 13.4. The normalized spacial score (nSPS) is 20.6. The number of nitrogens with one attached hydrogen (secondary N) is 1. The molecule has 7 rings (SSSR count). The molecule has 2 fully saturated rings. The smallest absolute Gasteiger partial charge is 0.276 e. The Labute approximate surface area is 233 Å². The molecule has 2 aliphatic heterocycles. The molecule has 6 heterocycles. The van der Waals surface area contributed by atoms with E-state index in [1.165, 1.54) is 22.8 Å². The van der Waals surface area contributed by atoms with Crippen molar-refractivity contribution in [1.29, 1.82) is 0 Å². The van der Waals surface area contributed by atoms with Gasteiger partial charge in [-0.1, -0.05) is 0 Å². The molecular formula is C26H25FN10O3S. The van der Waals surface area contributed by atoms with Crippen LogP contribution in [-0.4, -0.2) is 77.4 Å². The van der Waals surface area contributed by atoms with Crippen LogP contribution in [0.1, 0.15) is 47.8 Å². The van der Waals surface area contributed by atoms with Crippen molar-refractivity contribution in [3.63, 3.8) is 0 Å². The summed E-state index contributed by atoms with van der Waals surface area (Å²) in [5, 5.41) is 18.9. The SMILES string of the molecule is CS(=O)(=O)c1c(C2C[C@H]3CC[C@@H](C2)N3C(=O)c2cn[nH]n2)nc2c(-c3cnn(-c4ccc(F)cc4)c3)cnn2c1N. The third-order valence-corrected chi connectivity index (χ3v) is 9.17. The van der Waals surface area contributed by atoms with Gasteiger partial charge >= 0.3 is 0 Å². The van der Waals surface area contributed by atoms with Crippen molar-refractivity contribution in [2.75, 3.05) is 12.0 Å². The molecule has 0 aliphatic carbocycles. The lowest BCUT2D eigenvalue weighted by Crippen LogP contribution is -2.46. The Hall–Kier alpha value is -4.66. The van der Waals surface area contributed by atoms with Crippen LogP contribution < -0.4 is 5.73 Å². The van der Waals surface area contributed by atoms with E-state index in [1.54, 1.807) is 35.4 Å². The summed E-state index contributed by atoms with van der Waals surface area (Å²) in [4.78, 5) is 19.9. The van der Waals surface area contributed by atoms with Crippen molar-refractivity contribution in [3.05, 3.63) is 66.3 Å². The van der Waals surface area contributed by atoms with Crippen molar-refractivity contribution in [1.82, 2.24) is 44.7 Å². The highest BCUT2D eigenvalue weighted by molar-refractivity contribution is 7.91. The van der Waals surface area contributed by atoms with Crippen molar-refractivity contribution in [3.8, 4) is 16.8 Å². The highest BCUT2D eigenvalue weighted by Gasteiger charge is 2.46. The number of hydrogen-bond acceptors (Lipinski definition) is 9. The fourth-order valence-corrected chi connectivity index (χ4v) is 7.30. The molecule has 4 aromatic heterocycles. The summed E-state index contributed by atoms with van der Waals surface area (Å²) in [5.41, 5.74) is 9.49. The minimum Gasteiger partial charge on any atom is -0.382 e. The molecule has 1 unspecified atom stereocenters. The summed E-state index contributed by atoms with van der Waals surface area (Å²) in [6, 6.07) is 5.75. The number of aromatic amines is 1. The van der Waals surface area contributed by atoms with Crippen LogP contribution in [0.4, 0.5) is 10.2 Å². The van der Waals surface area contributed by atoms with Gasteiger partial charge in [-0.2, -0.15) is 30.1 Å². The Morgan fingerprint density at radius 3 is 2.46 bits per heavy atom. The van der Waals surface area contributed by atoms with Crippen LogP contribution >= 0.6 is 0 Å². The molecule has 2 saturated heterocycles. The lowest BCUT2D eigenvalue weighted by atomic mass is 9.87. The van der Waals surface area contributed by atoms with Gasteiger partial charge in [-0.25, -0.2) is 22.5 Å². The number of fused-ring (bicyclic) bond motifs is 3.